The van der Waals surface area contributed by atoms with Crippen LogP contribution in [0.15, 0.2) is 30.3 Å². The summed E-state index contributed by atoms with van der Waals surface area (Å²) in [6.45, 7) is 3.96. The number of aryl methyl sites for hydroxylation is 1. The molecule has 2 rings (SSSR count). The summed E-state index contributed by atoms with van der Waals surface area (Å²) in [5, 5.41) is 3.00. The molecule has 3 heteroatoms. The summed E-state index contributed by atoms with van der Waals surface area (Å²) >= 11 is 0. The van der Waals surface area contributed by atoms with Crippen molar-refractivity contribution in [1.29, 1.82) is 0 Å². The monoisotopic (exact) mass is 259 g/mol. The van der Waals surface area contributed by atoms with E-state index in [2.05, 4.69) is 28.8 Å². The van der Waals surface area contributed by atoms with E-state index in [1.165, 1.54) is 12.0 Å². The predicted molar refractivity (Wildman–Crippen MR) is 77.7 cm³/mol. The molecule has 0 aliphatic carbocycles. The summed E-state index contributed by atoms with van der Waals surface area (Å²) < 4.78 is 0. The zero-order valence-electron chi connectivity index (χ0n) is 11.5. The molecule has 1 aliphatic rings. The van der Waals surface area contributed by atoms with Gasteiger partial charge in [-0.3, -0.25) is 4.79 Å². The van der Waals surface area contributed by atoms with Crippen molar-refractivity contribution in [3.63, 3.8) is 0 Å². The maximum Gasteiger partial charge on any atom is 0.220 e. The van der Waals surface area contributed by atoms with E-state index < -0.39 is 0 Å². The van der Waals surface area contributed by atoms with Crippen LogP contribution in [0, 0.1) is 6.42 Å². The second kappa shape index (κ2) is 7.95. The van der Waals surface area contributed by atoms with E-state index in [-0.39, 0.29) is 5.91 Å². The van der Waals surface area contributed by atoms with Crippen molar-refractivity contribution in [2.24, 2.45) is 0 Å². The number of hydrogen-bond donors (Lipinski definition) is 1. The van der Waals surface area contributed by atoms with E-state index in [0.717, 1.165) is 39.0 Å². The van der Waals surface area contributed by atoms with Gasteiger partial charge in [0, 0.05) is 26.1 Å². The summed E-state index contributed by atoms with van der Waals surface area (Å²) in [6, 6.07) is 10.3. The molecular formula is C16H23N2O. The normalized spacial score (nSPS) is 15.6. The van der Waals surface area contributed by atoms with Crippen LogP contribution in [0.2, 0.25) is 0 Å². The van der Waals surface area contributed by atoms with Crippen LogP contribution in [0.3, 0.4) is 0 Å². The molecule has 0 spiro atoms. The molecule has 0 saturated carbocycles. The molecule has 1 radical (unpaired) electrons. The van der Waals surface area contributed by atoms with Crippen LogP contribution >= 0.6 is 0 Å². The highest BCUT2D eigenvalue weighted by atomic mass is 16.1. The lowest BCUT2D eigenvalue weighted by Gasteiger charge is -2.14. The van der Waals surface area contributed by atoms with Crippen molar-refractivity contribution < 1.29 is 4.79 Å². The molecule has 0 atom stereocenters. The highest BCUT2D eigenvalue weighted by molar-refractivity contribution is 5.75. The van der Waals surface area contributed by atoms with Crippen molar-refractivity contribution in [1.82, 2.24) is 10.2 Å². The minimum Gasteiger partial charge on any atom is -0.355 e. The molecule has 1 aromatic rings. The molecule has 1 heterocycles. The highest BCUT2D eigenvalue weighted by Gasteiger charge is 2.11. The van der Waals surface area contributed by atoms with Gasteiger partial charge in [-0.1, -0.05) is 30.3 Å². The minimum atomic E-state index is 0.180. The number of rotatable bonds is 7. The van der Waals surface area contributed by atoms with Gasteiger partial charge in [0.2, 0.25) is 5.91 Å². The Kier molecular flexibility index (Phi) is 5.89. The minimum absolute atomic E-state index is 0.180. The topological polar surface area (TPSA) is 32.3 Å². The molecule has 1 amide bonds. The van der Waals surface area contributed by atoms with Gasteiger partial charge in [-0.2, -0.15) is 0 Å². The van der Waals surface area contributed by atoms with E-state index in [0.29, 0.717) is 6.42 Å². The van der Waals surface area contributed by atoms with Gasteiger partial charge in [0.15, 0.2) is 0 Å². The standard InChI is InChI=1S/C16H23N2O/c19-16(17-11-14-18-12-4-5-13-18)10-6-9-15-7-2-1-3-8-15/h1-4,7-8H,5-6,9-14H2,(H,17,19). The molecular weight excluding hydrogens is 236 g/mol. The SMILES string of the molecule is O=C(CCCc1ccccc1)NCCN1C[CH]CC1. The number of nitrogens with zero attached hydrogens (tertiary/aromatic N) is 1. The molecule has 1 fully saturated rings. The highest BCUT2D eigenvalue weighted by Crippen LogP contribution is 2.05. The van der Waals surface area contributed by atoms with Gasteiger partial charge in [0.25, 0.3) is 0 Å². The summed E-state index contributed by atoms with van der Waals surface area (Å²) in [7, 11) is 0. The predicted octanol–water partition coefficient (Wildman–Crippen LogP) is 2.04. The smallest absolute Gasteiger partial charge is 0.220 e. The number of hydrogen-bond acceptors (Lipinski definition) is 2. The van der Waals surface area contributed by atoms with E-state index in [1.807, 2.05) is 18.2 Å². The van der Waals surface area contributed by atoms with Crippen LogP contribution in [0.5, 0.6) is 0 Å². The Hall–Kier alpha value is -1.35. The molecule has 1 N–H and O–H groups in total. The fourth-order valence-corrected chi connectivity index (χ4v) is 2.38. The van der Waals surface area contributed by atoms with Crippen molar-refractivity contribution >= 4 is 5.91 Å². The third-order valence-electron chi connectivity index (χ3n) is 3.50. The van der Waals surface area contributed by atoms with E-state index in [4.69, 9.17) is 0 Å². The molecule has 0 unspecified atom stereocenters. The molecule has 1 aliphatic heterocycles. The van der Waals surface area contributed by atoms with Gasteiger partial charge < -0.3 is 10.2 Å². The fourth-order valence-electron chi connectivity index (χ4n) is 2.38. The van der Waals surface area contributed by atoms with E-state index >= 15 is 0 Å². The molecule has 1 saturated heterocycles. The molecule has 103 valence electrons. The zero-order chi connectivity index (χ0) is 13.3. The van der Waals surface area contributed by atoms with Crippen molar-refractivity contribution in [2.45, 2.75) is 25.7 Å². The van der Waals surface area contributed by atoms with Gasteiger partial charge in [-0.15, -0.1) is 0 Å². The van der Waals surface area contributed by atoms with E-state index in [1.54, 1.807) is 0 Å². The number of carbonyl (C=O) groups excluding carboxylic acids is 1. The first-order valence-corrected chi connectivity index (χ1v) is 7.19. The van der Waals surface area contributed by atoms with Crippen LogP contribution in [0.4, 0.5) is 0 Å². The average molecular weight is 259 g/mol. The Bertz CT molecular complexity index is 372. The summed E-state index contributed by atoms with van der Waals surface area (Å²) in [5.41, 5.74) is 1.31. The third-order valence-corrected chi connectivity index (χ3v) is 3.50. The van der Waals surface area contributed by atoms with Gasteiger partial charge >= 0.3 is 0 Å². The Morgan fingerprint density at radius 3 is 2.84 bits per heavy atom. The van der Waals surface area contributed by atoms with Gasteiger partial charge in [0.1, 0.15) is 0 Å². The molecule has 0 bridgehead atoms. The summed E-state index contributed by atoms with van der Waals surface area (Å²) in [5.74, 6) is 0.180. The van der Waals surface area contributed by atoms with Crippen LogP contribution < -0.4 is 5.32 Å². The molecule has 19 heavy (non-hydrogen) atoms. The Labute approximate surface area is 116 Å². The molecule has 1 aromatic carbocycles. The summed E-state index contributed by atoms with van der Waals surface area (Å²) in [6.07, 6.45) is 6.01. The quantitative estimate of drug-likeness (QED) is 0.812. The van der Waals surface area contributed by atoms with E-state index in [9.17, 15) is 4.79 Å². The number of likely N-dealkylation sites (tertiary alicyclic amines) is 1. The zero-order valence-corrected chi connectivity index (χ0v) is 11.5. The maximum atomic E-state index is 11.7. The number of amides is 1. The molecule has 0 aromatic heterocycles. The second-order valence-electron chi connectivity index (χ2n) is 5.07. The largest absolute Gasteiger partial charge is 0.355 e. The Morgan fingerprint density at radius 2 is 2.11 bits per heavy atom. The number of carbonyl (C=O) groups is 1. The van der Waals surface area contributed by atoms with Gasteiger partial charge in [-0.25, -0.2) is 0 Å². The summed E-state index contributed by atoms with van der Waals surface area (Å²) in [4.78, 5) is 14.0. The lowest BCUT2D eigenvalue weighted by Crippen LogP contribution is -2.33. The van der Waals surface area contributed by atoms with Crippen LogP contribution in [-0.2, 0) is 11.2 Å². The second-order valence-corrected chi connectivity index (χ2v) is 5.07. The first-order valence-electron chi connectivity index (χ1n) is 7.19. The Morgan fingerprint density at radius 1 is 1.26 bits per heavy atom. The van der Waals surface area contributed by atoms with Gasteiger partial charge in [0.05, 0.1) is 0 Å². The van der Waals surface area contributed by atoms with Crippen LogP contribution in [0.1, 0.15) is 24.8 Å². The van der Waals surface area contributed by atoms with Crippen LogP contribution in [-0.4, -0.2) is 37.0 Å². The maximum absolute atomic E-state index is 11.7. The lowest BCUT2D eigenvalue weighted by molar-refractivity contribution is -0.121. The first kappa shape index (κ1) is 14.1. The lowest BCUT2D eigenvalue weighted by atomic mass is 10.1. The average Bonchev–Trinajstić information content (AvgIpc) is 2.93. The van der Waals surface area contributed by atoms with Crippen molar-refractivity contribution in [3.8, 4) is 0 Å². The molecule has 3 nitrogen and oxygen atoms in total. The van der Waals surface area contributed by atoms with Crippen LogP contribution in [0.25, 0.3) is 0 Å². The van der Waals surface area contributed by atoms with Gasteiger partial charge in [-0.05, 0) is 37.8 Å². The van der Waals surface area contributed by atoms with Crippen molar-refractivity contribution in [2.75, 3.05) is 26.2 Å². The first-order chi connectivity index (χ1) is 9.34. The Balaban J connectivity index is 1.52. The third kappa shape index (κ3) is 5.43. The fraction of sp³-hybridized carbons (Fsp3) is 0.500. The number of nitrogens with one attached hydrogen (secondary N) is 1. The number of benzene rings is 1. The van der Waals surface area contributed by atoms with Crippen molar-refractivity contribution in [3.05, 3.63) is 42.3 Å².